The van der Waals surface area contributed by atoms with Crippen LogP contribution in [-0.4, -0.2) is 65.0 Å². The Balaban J connectivity index is 1.79. The highest BCUT2D eigenvalue weighted by molar-refractivity contribution is 5.85. The Bertz CT molecular complexity index is 570. The van der Waals surface area contributed by atoms with Gasteiger partial charge in [-0.3, -0.25) is 4.79 Å². The number of nitrogens with one attached hydrogen (secondary N) is 2. The van der Waals surface area contributed by atoms with Crippen LogP contribution in [0.15, 0.2) is 12.4 Å². The van der Waals surface area contributed by atoms with Crippen LogP contribution in [0, 0.1) is 5.41 Å². The van der Waals surface area contributed by atoms with Crippen LogP contribution in [0.3, 0.4) is 0 Å². The number of aliphatic hydroxyl groups excluding tert-OH is 2. The van der Waals surface area contributed by atoms with Crippen LogP contribution in [0.2, 0.25) is 0 Å². The lowest BCUT2D eigenvalue weighted by Gasteiger charge is -2.47. The molecule has 1 aromatic rings. The molecule has 2 saturated heterocycles. The van der Waals surface area contributed by atoms with Crippen molar-refractivity contribution in [2.24, 2.45) is 5.41 Å². The molecule has 1 spiro atoms. The molecule has 2 fully saturated rings. The molecule has 2 aliphatic heterocycles. The molecule has 0 aromatic carbocycles. The minimum Gasteiger partial charge on any atom is -0.395 e. The number of hydrogen-bond donors (Lipinski definition) is 4. The van der Waals surface area contributed by atoms with Gasteiger partial charge in [0, 0.05) is 32.2 Å². The summed E-state index contributed by atoms with van der Waals surface area (Å²) in [7, 11) is 0. The van der Waals surface area contributed by atoms with Crippen molar-refractivity contribution in [3.05, 3.63) is 12.4 Å². The zero-order valence-electron chi connectivity index (χ0n) is 13.0. The van der Waals surface area contributed by atoms with E-state index in [1.807, 2.05) is 11.0 Å². The number of piperidine rings is 2. The van der Waals surface area contributed by atoms with Crippen LogP contribution in [0.5, 0.6) is 0 Å². The molecule has 2 aliphatic rings. The average Bonchev–Trinajstić information content (AvgIpc) is 2.58. The van der Waals surface area contributed by atoms with Crippen LogP contribution in [-0.2, 0) is 4.79 Å². The van der Waals surface area contributed by atoms with E-state index in [4.69, 9.17) is 5.11 Å². The lowest BCUT2D eigenvalue weighted by Crippen LogP contribution is -2.61. The van der Waals surface area contributed by atoms with Gasteiger partial charge in [0.2, 0.25) is 5.91 Å². The highest BCUT2D eigenvalue weighted by Gasteiger charge is 2.50. The van der Waals surface area contributed by atoms with Gasteiger partial charge in [-0.05, 0) is 19.3 Å². The third-order valence-electron chi connectivity index (χ3n) is 4.72. The third kappa shape index (κ3) is 3.09. The largest absolute Gasteiger partial charge is 0.395 e. The summed E-state index contributed by atoms with van der Waals surface area (Å²) in [5.41, 5.74) is -0.750. The summed E-state index contributed by atoms with van der Waals surface area (Å²) < 4.78 is 0. The monoisotopic (exact) mass is 321 g/mol. The van der Waals surface area contributed by atoms with Gasteiger partial charge < -0.3 is 25.7 Å². The zero-order chi connectivity index (χ0) is 16.3. The van der Waals surface area contributed by atoms with E-state index in [9.17, 15) is 9.90 Å². The Morgan fingerprint density at radius 3 is 3.13 bits per heavy atom. The number of rotatable bonds is 4. The second kappa shape index (κ2) is 6.67. The molecular weight excluding hydrogens is 298 g/mol. The smallest absolute Gasteiger partial charge is 0.230 e. The summed E-state index contributed by atoms with van der Waals surface area (Å²) in [6.07, 6.45) is 2.96. The van der Waals surface area contributed by atoms with Crippen molar-refractivity contribution in [2.75, 3.05) is 43.0 Å². The number of aromatic nitrogens is 2. The lowest BCUT2D eigenvalue weighted by molar-refractivity contribution is -0.142. The van der Waals surface area contributed by atoms with E-state index < -0.39 is 11.5 Å². The summed E-state index contributed by atoms with van der Waals surface area (Å²) in [4.78, 5) is 22.8. The van der Waals surface area contributed by atoms with Crippen LogP contribution in [0.4, 0.5) is 11.6 Å². The number of aliphatic hydroxyl groups is 2. The van der Waals surface area contributed by atoms with Gasteiger partial charge >= 0.3 is 0 Å². The van der Waals surface area contributed by atoms with Crippen molar-refractivity contribution >= 4 is 17.5 Å². The molecule has 1 amide bonds. The van der Waals surface area contributed by atoms with Crippen LogP contribution in [0.1, 0.15) is 19.3 Å². The maximum Gasteiger partial charge on any atom is 0.230 e. The molecule has 0 radical (unpaired) electrons. The lowest BCUT2D eigenvalue weighted by atomic mass is 9.71. The molecule has 8 nitrogen and oxygen atoms in total. The van der Waals surface area contributed by atoms with E-state index in [2.05, 4.69) is 20.6 Å². The number of carbonyl (C=O) groups excluding carboxylic acids is 1. The zero-order valence-corrected chi connectivity index (χ0v) is 13.0. The van der Waals surface area contributed by atoms with Gasteiger partial charge in [-0.15, -0.1) is 0 Å². The summed E-state index contributed by atoms with van der Waals surface area (Å²) in [6, 6.07) is 1.81. The summed E-state index contributed by atoms with van der Waals surface area (Å²) in [5.74, 6) is 1.30. The molecule has 3 heterocycles. The van der Waals surface area contributed by atoms with Crippen molar-refractivity contribution in [1.29, 1.82) is 0 Å². The molecular formula is C15H23N5O3. The molecule has 0 saturated carbocycles. The number of carbonyl (C=O) groups is 1. The first-order valence-corrected chi connectivity index (χ1v) is 8.04. The topological polar surface area (TPSA) is 111 Å². The molecule has 8 heteroatoms. The Morgan fingerprint density at radius 2 is 2.35 bits per heavy atom. The van der Waals surface area contributed by atoms with Gasteiger partial charge in [-0.25, -0.2) is 9.97 Å². The van der Waals surface area contributed by atoms with Gasteiger partial charge in [-0.2, -0.15) is 0 Å². The van der Waals surface area contributed by atoms with Gasteiger partial charge in [0.1, 0.15) is 18.0 Å². The Morgan fingerprint density at radius 1 is 1.48 bits per heavy atom. The molecule has 3 rings (SSSR count). The fourth-order valence-corrected chi connectivity index (χ4v) is 3.44. The molecule has 126 valence electrons. The van der Waals surface area contributed by atoms with Gasteiger partial charge in [-0.1, -0.05) is 0 Å². The minimum atomic E-state index is -0.750. The molecule has 1 aromatic heterocycles. The summed E-state index contributed by atoms with van der Waals surface area (Å²) in [6.45, 7) is 2.22. The number of anilines is 2. The molecule has 0 aliphatic carbocycles. The van der Waals surface area contributed by atoms with Gasteiger partial charge in [0.25, 0.3) is 0 Å². The standard InChI is InChI=1S/C15H23N5O3/c21-7-5-16-12-8-13(19-10-18-12)20-6-2-11(22)15(9-20)3-1-4-17-14(15)23/h8,10-11,21-22H,1-7,9H2,(H,17,23)(H,16,18,19)/t11-,15-/m1/s1. The maximum absolute atomic E-state index is 12.4. The third-order valence-corrected chi connectivity index (χ3v) is 4.72. The fourth-order valence-electron chi connectivity index (χ4n) is 3.44. The quantitative estimate of drug-likeness (QED) is 0.583. The Hall–Kier alpha value is -1.93. The van der Waals surface area contributed by atoms with Crippen molar-refractivity contribution in [2.45, 2.75) is 25.4 Å². The van der Waals surface area contributed by atoms with Crippen LogP contribution in [0.25, 0.3) is 0 Å². The minimum absolute atomic E-state index is 0.0263. The second-order valence-electron chi connectivity index (χ2n) is 6.15. The number of hydrogen-bond acceptors (Lipinski definition) is 7. The fraction of sp³-hybridized carbons (Fsp3) is 0.667. The molecule has 4 N–H and O–H groups in total. The molecule has 0 bridgehead atoms. The SMILES string of the molecule is O=C1NCCC[C@]12CN(c1cc(NCCO)ncn1)CC[C@H]2O. The average molecular weight is 321 g/mol. The van der Waals surface area contributed by atoms with Crippen molar-refractivity contribution < 1.29 is 15.0 Å². The highest BCUT2D eigenvalue weighted by Crippen LogP contribution is 2.38. The predicted molar refractivity (Wildman–Crippen MR) is 85.1 cm³/mol. The highest BCUT2D eigenvalue weighted by atomic mass is 16.3. The van der Waals surface area contributed by atoms with Crippen molar-refractivity contribution in [3.63, 3.8) is 0 Å². The van der Waals surface area contributed by atoms with E-state index in [1.54, 1.807) is 0 Å². The number of nitrogens with zero attached hydrogens (tertiary/aromatic N) is 3. The maximum atomic E-state index is 12.4. The van der Waals surface area contributed by atoms with Crippen LogP contribution < -0.4 is 15.5 Å². The first kappa shape index (κ1) is 15.9. The Labute approximate surface area is 134 Å². The summed E-state index contributed by atoms with van der Waals surface area (Å²) >= 11 is 0. The molecule has 23 heavy (non-hydrogen) atoms. The second-order valence-corrected chi connectivity index (χ2v) is 6.15. The van der Waals surface area contributed by atoms with Gasteiger partial charge in [0.05, 0.1) is 18.1 Å². The predicted octanol–water partition coefficient (Wildman–Crippen LogP) is -0.652. The molecule has 2 atom stereocenters. The van der Waals surface area contributed by atoms with E-state index >= 15 is 0 Å². The van der Waals surface area contributed by atoms with E-state index in [1.165, 1.54) is 6.33 Å². The first-order valence-electron chi connectivity index (χ1n) is 8.04. The van der Waals surface area contributed by atoms with Crippen molar-refractivity contribution in [1.82, 2.24) is 15.3 Å². The first-order chi connectivity index (χ1) is 11.2. The van der Waals surface area contributed by atoms with Crippen molar-refractivity contribution in [3.8, 4) is 0 Å². The summed E-state index contributed by atoms with van der Waals surface area (Å²) in [5, 5.41) is 25.2. The number of amides is 1. The van der Waals surface area contributed by atoms with E-state index in [-0.39, 0.29) is 12.5 Å². The Kier molecular flexibility index (Phi) is 4.63. The van der Waals surface area contributed by atoms with Gasteiger partial charge in [0.15, 0.2) is 0 Å². The van der Waals surface area contributed by atoms with E-state index in [0.29, 0.717) is 44.8 Å². The van der Waals surface area contributed by atoms with E-state index in [0.717, 1.165) is 12.2 Å². The van der Waals surface area contributed by atoms with Crippen LogP contribution >= 0.6 is 0 Å². The molecule has 0 unspecified atom stereocenters. The normalized spacial score (nSPS) is 27.8.